The molecule has 0 aliphatic rings. The first-order chi connectivity index (χ1) is 8.31. The summed E-state index contributed by atoms with van der Waals surface area (Å²) < 4.78 is 19.0. The smallest absolute Gasteiger partial charge is 0.123 e. The highest BCUT2D eigenvalue weighted by atomic mass is 35.5. The highest BCUT2D eigenvalue weighted by Crippen LogP contribution is 2.35. The van der Waals surface area contributed by atoms with Crippen molar-refractivity contribution in [1.82, 2.24) is 5.32 Å². The first kappa shape index (κ1) is 15.4. The van der Waals surface area contributed by atoms with Crippen molar-refractivity contribution >= 4 is 11.6 Å². The Morgan fingerprint density at radius 1 is 1.33 bits per heavy atom. The molecule has 0 bridgehead atoms. The van der Waals surface area contributed by atoms with E-state index in [4.69, 9.17) is 16.3 Å². The van der Waals surface area contributed by atoms with E-state index in [0.717, 1.165) is 5.56 Å². The molecule has 0 fully saturated rings. The largest absolute Gasteiger partial charge is 0.379 e. The van der Waals surface area contributed by atoms with Gasteiger partial charge in [0.15, 0.2) is 0 Å². The molecule has 2 atom stereocenters. The minimum atomic E-state index is -0.293. The van der Waals surface area contributed by atoms with E-state index < -0.39 is 0 Å². The zero-order valence-electron chi connectivity index (χ0n) is 11.6. The predicted octanol–water partition coefficient (Wildman–Crippen LogP) is 3.80. The van der Waals surface area contributed by atoms with Gasteiger partial charge in [-0.15, -0.1) is 0 Å². The number of rotatable bonds is 4. The molecular formula is C14H21ClFNO. The van der Waals surface area contributed by atoms with Crippen LogP contribution in [0.25, 0.3) is 0 Å². The van der Waals surface area contributed by atoms with Crippen molar-refractivity contribution in [2.75, 3.05) is 14.2 Å². The molecule has 0 heterocycles. The van der Waals surface area contributed by atoms with Crippen LogP contribution in [0, 0.1) is 11.2 Å². The van der Waals surface area contributed by atoms with Crippen LogP contribution in [0.1, 0.15) is 32.4 Å². The fraction of sp³-hybridized carbons (Fsp3) is 0.571. The van der Waals surface area contributed by atoms with Crippen LogP contribution in [0.3, 0.4) is 0 Å². The summed E-state index contributed by atoms with van der Waals surface area (Å²) >= 11 is 6.16. The molecule has 0 saturated carbocycles. The minimum Gasteiger partial charge on any atom is -0.379 e. The van der Waals surface area contributed by atoms with Gasteiger partial charge in [0.1, 0.15) is 5.82 Å². The number of hydrogen-bond acceptors (Lipinski definition) is 2. The molecule has 1 N–H and O–H groups in total. The van der Waals surface area contributed by atoms with Crippen molar-refractivity contribution in [1.29, 1.82) is 0 Å². The maximum atomic E-state index is 13.4. The third-order valence-electron chi connectivity index (χ3n) is 3.01. The van der Waals surface area contributed by atoms with E-state index in [1.54, 1.807) is 13.2 Å². The third kappa shape index (κ3) is 3.44. The molecule has 0 aliphatic carbocycles. The van der Waals surface area contributed by atoms with Gasteiger partial charge in [0.2, 0.25) is 0 Å². The van der Waals surface area contributed by atoms with Crippen molar-refractivity contribution in [3.8, 4) is 0 Å². The van der Waals surface area contributed by atoms with Crippen LogP contribution >= 0.6 is 11.6 Å². The Hall–Kier alpha value is -0.640. The number of methoxy groups -OCH3 is 1. The number of benzene rings is 1. The molecule has 0 aliphatic heterocycles. The van der Waals surface area contributed by atoms with E-state index in [2.05, 4.69) is 26.1 Å². The summed E-state index contributed by atoms with van der Waals surface area (Å²) in [5.74, 6) is -0.293. The predicted molar refractivity (Wildman–Crippen MR) is 73.5 cm³/mol. The lowest BCUT2D eigenvalue weighted by Crippen LogP contribution is -2.40. The molecular weight excluding hydrogens is 253 g/mol. The van der Waals surface area contributed by atoms with Crippen LogP contribution in [0.4, 0.5) is 4.39 Å². The zero-order chi connectivity index (χ0) is 13.9. The van der Waals surface area contributed by atoms with Crippen LogP contribution < -0.4 is 5.32 Å². The Kier molecular flexibility index (Phi) is 5.14. The summed E-state index contributed by atoms with van der Waals surface area (Å²) in [6.07, 6.45) is -0.109. The number of nitrogens with one attached hydrogen (secondary N) is 1. The normalized spacial score (nSPS) is 15.5. The van der Waals surface area contributed by atoms with Crippen molar-refractivity contribution in [2.24, 2.45) is 5.41 Å². The van der Waals surface area contributed by atoms with E-state index in [-0.39, 0.29) is 23.4 Å². The Bertz CT molecular complexity index is 403. The van der Waals surface area contributed by atoms with E-state index in [9.17, 15) is 4.39 Å². The van der Waals surface area contributed by atoms with Gasteiger partial charge < -0.3 is 10.1 Å². The van der Waals surface area contributed by atoms with Gasteiger partial charge in [-0.2, -0.15) is 0 Å². The molecule has 18 heavy (non-hydrogen) atoms. The van der Waals surface area contributed by atoms with Gasteiger partial charge in [0.25, 0.3) is 0 Å². The zero-order valence-corrected chi connectivity index (χ0v) is 12.3. The summed E-state index contributed by atoms with van der Waals surface area (Å²) in [6, 6.07) is 4.24. The number of halogens is 2. The minimum absolute atomic E-state index is 0.0852. The van der Waals surface area contributed by atoms with Crippen LogP contribution in [-0.2, 0) is 4.74 Å². The van der Waals surface area contributed by atoms with Gasteiger partial charge in [-0.1, -0.05) is 32.4 Å². The molecule has 4 heteroatoms. The molecule has 0 radical (unpaired) electrons. The number of hydrogen-bond donors (Lipinski definition) is 1. The second-order valence-corrected chi connectivity index (χ2v) is 5.86. The van der Waals surface area contributed by atoms with E-state index in [1.807, 2.05) is 7.05 Å². The van der Waals surface area contributed by atoms with Gasteiger partial charge >= 0.3 is 0 Å². The summed E-state index contributed by atoms with van der Waals surface area (Å²) in [6.45, 7) is 6.25. The van der Waals surface area contributed by atoms with Gasteiger partial charge in [0, 0.05) is 12.1 Å². The van der Waals surface area contributed by atoms with Crippen molar-refractivity contribution < 1.29 is 9.13 Å². The van der Waals surface area contributed by atoms with Gasteiger partial charge in [-0.25, -0.2) is 4.39 Å². The maximum absolute atomic E-state index is 13.4. The molecule has 0 saturated heterocycles. The van der Waals surface area contributed by atoms with Gasteiger partial charge in [-0.05, 0) is 36.2 Å². The molecule has 102 valence electrons. The van der Waals surface area contributed by atoms with Crippen molar-refractivity contribution in [2.45, 2.75) is 32.9 Å². The number of ether oxygens (including phenoxy) is 1. The first-order valence-corrected chi connectivity index (χ1v) is 6.34. The Morgan fingerprint density at radius 3 is 2.39 bits per heavy atom. The Balaban J connectivity index is 3.19. The lowest BCUT2D eigenvalue weighted by molar-refractivity contribution is -0.0102. The molecule has 1 aromatic carbocycles. The van der Waals surface area contributed by atoms with Crippen molar-refractivity contribution in [3.05, 3.63) is 34.6 Å². The topological polar surface area (TPSA) is 21.3 Å². The molecule has 0 spiro atoms. The average Bonchev–Trinajstić information content (AvgIpc) is 2.27. The average molecular weight is 274 g/mol. The van der Waals surface area contributed by atoms with E-state index in [1.165, 1.54) is 12.1 Å². The summed E-state index contributed by atoms with van der Waals surface area (Å²) in [5, 5.41) is 3.71. The lowest BCUT2D eigenvalue weighted by atomic mass is 9.82. The Morgan fingerprint density at radius 2 is 1.94 bits per heavy atom. The standard InChI is InChI=1S/C14H21ClFNO/c1-14(2,3)13(18-5)12(17-4)10-8-9(16)6-7-11(10)15/h6-8,12-13,17H,1-5H3. The fourth-order valence-electron chi connectivity index (χ4n) is 2.21. The summed E-state index contributed by atoms with van der Waals surface area (Å²) in [4.78, 5) is 0. The van der Waals surface area contributed by atoms with E-state index >= 15 is 0 Å². The van der Waals surface area contributed by atoms with Crippen LogP contribution in [0.15, 0.2) is 18.2 Å². The second kappa shape index (κ2) is 6.00. The monoisotopic (exact) mass is 273 g/mol. The highest BCUT2D eigenvalue weighted by Gasteiger charge is 2.33. The molecule has 2 unspecified atom stereocenters. The molecule has 2 nitrogen and oxygen atoms in total. The van der Waals surface area contributed by atoms with Crippen molar-refractivity contribution in [3.63, 3.8) is 0 Å². The lowest BCUT2D eigenvalue weighted by Gasteiger charge is -2.36. The first-order valence-electron chi connectivity index (χ1n) is 5.96. The molecule has 1 rings (SSSR count). The Labute approximate surface area is 113 Å². The van der Waals surface area contributed by atoms with Crippen LogP contribution in [-0.4, -0.2) is 20.3 Å². The molecule has 0 amide bonds. The fourth-order valence-corrected chi connectivity index (χ4v) is 2.45. The third-order valence-corrected chi connectivity index (χ3v) is 3.36. The summed E-state index contributed by atoms with van der Waals surface area (Å²) in [7, 11) is 3.48. The second-order valence-electron chi connectivity index (χ2n) is 5.45. The van der Waals surface area contributed by atoms with Gasteiger partial charge in [0.05, 0.1) is 12.1 Å². The molecule has 0 aromatic heterocycles. The molecule has 1 aromatic rings. The van der Waals surface area contributed by atoms with Gasteiger partial charge in [-0.3, -0.25) is 0 Å². The van der Waals surface area contributed by atoms with Crippen LogP contribution in [0.5, 0.6) is 0 Å². The van der Waals surface area contributed by atoms with E-state index in [0.29, 0.717) is 5.02 Å². The van der Waals surface area contributed by atoms with Crippen LogP contribution in [0.2, 0.25) is 5.02 Å². The quantitative estimate of drug-likeness (QED) is 0.901. The SMILES string of the molecule is CNC(c1cc(F)ccc1Cl)C(OC)C(C)(C)C. The summed E-state index contributed by atoms with van der Waals surface area (Å²) in [5.41, 5.74) is 0.638. The number of likely N-dealkylation sites (N-methyl/N-ethyl adjacent to an activating group) is 1. The highest BCUT2D eigenvalue weighted by molar-refractivity contribution is 6.31. The maximum Gasteiger partial charge on any atom is 0.123 e.